The largest absolute Gasteiger partial charge is 0.492 e. The van der Waals surface area contributed by atoms with Crippen molar-refractivity contribution >= 4 is 23.5 Å². The minimum atomic E-state index is -0.981. The number of carboxylic acid groups (broad SMARTS) is 1. The van der Waals surface area contributed by atoms with Crippen molar-refractivity contribution in [2.75, 3.05) is 6.61 Å². The summed E-state index contributed by atoms with van der Waals surface area (Å²) in [7, 11) is 0. The van der Waals surface area contributed by atoms with Crippen LogP contribution in [0.2, 0.25) is 5.02 Å². The van der Waals surface area contributed by atoms with Gasteiger partial charge in [-0.15, -0.1) is 0 Å². The molecule has 2 aromatic carbocycles. The fourth-order valence-corrected chi connectivity index (χ4v) is 3.12. The molecular formula is C21H22ClNO4. The van der Waals surface area contributed by atoms with Crippen LogP contribution in [0.25, 0.3) is 0 Å². The van der Waals surface area contributed by atoms with Gasteiger partial charge in [0.2, 0.25) is 0 Å². The first-order chi connectivity index (χ1) is 12.9. The molecule has 6 heteroatoms. The smallest absolute Gasteiger partial charge is 0.335 e. The molecule has 1 atom stereocenters. The predicted molar refractivity (Wildman–Crippen MR) is 104 cm³/mol. The second-order valence-electron chi connectivity index (χ2n) is 6.87. The molecule has 0 aliphatic heterocycles. The molecule has 0 radical (unpaired) electrons. The first-order valence-corrected chi connectivity index (χ1v) is 9.38. The molecule has 5 nitrogen and oxygen atoms in total. The van der Waals surface area contributed by atoms with Crippen LogP contribution in [-0.2, 0) is 0 Å². The maximum absolute atomic E-state index is 12.8. The third kappa shape index (κ3) is 4.80. The van der Waals surface area contributed by atoms with Crippen molar-refractivity contribution in [3.63, 3.8) is 0 Å². The van der Waals surface area contributed by atoms with E-state index in [4.69, 9.17) is 21.4 Å². The SMILES string of the molecule is C[C@H](NC(=O)c1cc(Cl)ccc1OCC1CCC1)c1ccc(C(=O)O)cc1. The summed E-state index contributed by atoms with van der Waals surface area (Å²) in [5.41, 5.74) is 1.42. The predicted octanol–water partition coefficient (Wildman–Crippen LogP) is 4.71. The molecule has 0 aromatic heterocycles. The zero-order valence-electron chi connectivity index (χ0n) is 15.1. The Morgan fingerprint density at radius 2 is 1.93 bits per heavy atom. The van der Waals surface area contributed by atoms with Crippen molar-refractivity contribution in [2.24, 2.45) is 5.92 Å². The molecule has 2 N–H and O–H groups in total. The summed E-state index contributed by atoms with van der Waals surface area (Å²) in [6, 6.07) is 11.2. The van der Waals surface area contributed by atoms with Gasteiger partial charge in [0.1, 0.15) is 5.75 Å². The number of benzene rings is 2. The van der Waals surface area contributed by atoms with Crippen LogP contribution in [0, 0.1) is 5.92 Å². The molecule has 3 rings (SSSR count). The number of hydrogen-bond donors (Lipinski definition) is 2. The van der Waals surface area contributed by atoms with Gasteiger partial charge in [0.25, 0.3) is 5.91 Å². The highest BCUT2D eigenvalue weighted by Gasteiger charge is 2.21. The monoisotopic (exact) mass is 387 g/mol. The minimum absolute atomic E-state index is 0.207. The van der Waals surface area contributed by atoms with Gasteiger partial charge in [0, 0.05) is 5.02 Å². The van der Waals surface area contributed by atoms with Gasteiger partial charge in [-0.2, -0.15) is 0 Å². The van der Waals surface area contributed by atoms with Gasteiger partial charge in [0.05, 0.1) is 23.8 Å². The Kier molecular flexibility index (Phi) is 6.01. The summed E-state index contributed by atoms with van der Waals surface area (Å²) >= 11 is 6.07. The number of hydrogen-bond acceptors (Lipinski definition) is 3. The molecule has 2 aromatic rings. The third-order valence-corrected chi connectivity index (χ3v) is 5.13. The van der Waals surface area contributed by atoms with E-state index >= 15 is 0 Å². The molecule has 0 saturated heterocycles. The number of halogens is 1. The van der Waals surface area contributed by atoms with Crippen molar-refractivity contribution in [2.45, 2.75) is 32.2 Å². The fraction of sp³-hybridized carbons (Fsp3) is 0.333. The van der Waals surface area contributed by atoms with Gasteiger partial charge in [-0.05, 0) is 61.6 Å². The fourth-order valence-electron chi connectivity index (χ4n) is 2.94. The van der Waals surface area contributed by atoms with Crippen molar-refractivity contribution in [3.05, 3.63) is 64.2 Å². The van der Waals surface area contributed by atoms with E-state index in [-0.39, 0.29) is 17.5 Å². The lowest BCUT2D eigenvalue weighted by Gasteiger charge is -2.25. The molecule has 0 heterocycles. The van der Waals surface area contributed by atoms with E-state index in [9.17, 15) is 9.59 Å². The van der Waals surface area contributed by atoms with E-state index in [1.165, 1.54) is 31.4 Å². The Morgan fingerprint density at radius 3 is 2.52 bits per heavy atom. The van der Waals surface area contributed by atoms with Gasteiger partial charge in [-0.3, -0.25) is 4.79 Å². The van der Waals surface area contributed by atoms with E-state index in [1.54, 1.807) is 30.3 Å². The molecule has 1 fully saturated rings. The Hall–Kier alpha value is -2.53. The summed E-state index contributed by atoms with van der Waals surface area (Å²) < 4.78 is 5.86. The second-order valence-corrected chi connectivity index (χ2v) is 7.31. The highest BCUT2D eigenvalue weighted by atomic mass is 35.5. The summed E-state index contributed by atoms with van der Waals surface area (Å²) in [6.07, 6.45) is 3.57. The average Bonchev–Trinajstić information content (AvgIpc) is 2.61. The topological polar surface area (TPSA) is 75.6 Å². The normalized spacial score (nSPS) is 14.9. The molecular weight excluding hydrogens is 366 g/mol. The van der Waals surface area contributed by atoms with Crippen molar-refractivity contribution < 1.29 is 19.4 Å². The van der Waals surface area contributed by atoms with Crippen molar-refractivity contribution in [3.8, 4) is 5.75 Å². The first-order valence-electron chi connectivity index (χ1n) is 9.00. The number of amides is 1. The molecule has 0 bridgehead atoms. The Balaban J connectivity index is 1.70. The first kappa shape index (κ1) is 19.2. The molecule has 0 spiro atoms. The van der Waals surface area contributed by atoms with Gasteiger partial charge in [-0.25, -0.2) is 4.79 Å². The summed E-state index contributed by atoms with van der Waals surface area (Å²) in [6.45, 7) is 2.45. The molecule has 1 amide bonds. The van der Waals surface area contributed by atoms with Crippen LogP contribution in [0.15, 0.2) is 42.5 Å². The zero-order chi connectivity index (χ0) is 19.4. The summed E-state index contributed by atoms with van der Waals surface area (Å²) in [5, 5.41) is 12.4. The van der Waals surface area contributed by atoms with Crippen LogP contribution in [-0.4, -0.2) is 23.6 Å². The second kappa shape index (κ2) is 8.44. The third-order valence-electron chi connectivity index (χ3n) is 4.89. The van der Waals surface area contributed by atoms with Crippen LogP contribution in [0.5, 0.6) is 5.75 Å². The van der Waals surface area contributed by atoms with Crippen LogP contribution in [0.3, 0.4) is 0 Å². The molecule has 142 valence electrons. The number of ether oxygens (including phenoxy) is 1. The van der Waals surface area contributed by atoms with Crippen molar-refractivity contribution in [1.29, 1.82) is 0 Å². The number of carboxylic acids is 1. The van der Waals surface area contributed by atoms with Gasteiger partial charge < -0.3 is 15.2 Å². The number of nitrogens with one attached hydrogen (secondary N) is 1. The standard InChI is InChI=1S/C21H22ClNO4/c1-13(15-5-7-16(8-6-15)21(25)26)23-20(24)18-11-17(22)9-10-19(18)27-12-14-3-2-4-14/h5-11,13-14H,2-4,12H2,1H3,(H,23,24)(H,25,26)/t13-/m0/s1. The lowest BCUT2D eigenvalue weighted by atomic mass is 9.86. The van der Waals surface area contributed by atoms with Crippen LogP contribution in [0.4, 0.5) is 0 Å². The van der Waals surface area contributed by atoms with Crippen LogP contribution < -0.4 is 10.1 Å². The molecule has 0 unspecified atom stereocenters. The summed E-state index contributed by atoms with van der Waals surface area (Å²) in [4.78, 5) is 23.7. The maximum atomic E-state index is 12.8. The lowest BCUT2D eigenvalue weighted by molar-refractivity contribution is 0.0696. The molecule has 27 heavy (non-hydrogen) atoms. The van der Waals surface area contributed by atoms with E-state index in [0.717, 1.165) is 5.56 Å². The molecule has 1 aliphatic rings. The zero-order valence-corrected chi connectivity index (χ0v) is 15.8. The lowest BCUT2D eigenvalue weighted by Crippen LogP contribution is -2.27. The van der Waals surface area contributed by atoms with Gasteiger partial charge in [-0.1, -0.05) is 30.2 Å². The summed E-state index contributed by atoms with van der Waals surface area (Å²) in [5.74, 6) is -0.179. The minimum Gasteiger partial charge on any atom is -0.492 e. The van der Waals surface area contributed by atoms with Gasteiger partial charge >= 0.3 is 5.97 Å². The van der Waals surface area contributed by atoms with E-state index in [0.29, 0.717) is 28.9 Å². The number of aromatic carboxylic acids is 1. The number of rotatable bonds is 7. The Labute approximate surface area is 163 Å². The molecule has 1 saturated carbocycles. The Morgan fingerprint density at radius 1 is 1.22 bits per heavy atom. The van der Waals surface area contributed by atoms with E-state index in [1.807, 2.05) is 6.92 Å². The number of carbonyl (C=O) groups is 2. The van der Waals surface area contributed by atoms with E-state index in [2.05, 4.69) is 5.32 Å². The average molecular weight is 388 g/mol. The van der Waals surface area contributed by atoms with Crippen LogP contribution in [0.1, 0.15) is 58.5 Å². The number of carbonyl (C=O) groups excluding carboxylic acids is 1. The van der Waals surface area contributed by atoms with Crippen LogP contribution >= 0.6 is 11.6 Å². The Bertz CT molecular complexity index is 831. The quantitative estimate of drug-likeness (QED) is 0.721. The van der Waals surface area contributed by atoms with Crippen molar-refractivity contribution in [1.82, 2.24) is 5.32 Å². The van der Waals surface area contributed by atoms with Gasteiger partial charge in [0.15, 0.2) is 0 Å². The highest BCUT2D eigenvalue weighted by Crippen LogP contribution is 2.29. The molecule has 1 aliphatic carbocycles. The maximum Gasteiger partial charge on any atom is 0.335 e. The van der Waals surface area contributed by atoms with E-state index < -0.39 is 5.97 Å². The highest BCUT2D eigenvalue weighted by molar-refractivity contribution is 6.31.